The number of thioether (sulfide) groups is 1. The van der Waals surface area contributed by atoms with Gasteiger partial charge in [0, 0.05) is 5.75 Å². The van der Waals surface area contributed by atoms with Crippen molar-refractivity contribution in [2.75, 3.05) is 11.5 Å². The van der Waals surface area contributed by atoms with Crippen molar-refractivity contribution in [2.45, 2.75) is 64.7 Å². The van der Waals surface area contributed by atoms with Crippen LogP contribution in [0, 0.1) is 24.7 Å². The molecular weight excluding hydrogens is 424 g/mol. The van der Waals surface area contributed by atoms with E-state index in [4.69, 9.17) is 15.2 Å². The number of carbonyl (C=O) groups excluding carboxylic acids is 1. The molecule has 2 aromatic heterocycles. The lowest BCUT2D eigenvalue weighted by Crippen LogP contribution is -2.38. The van der Waals surface area contributed by atoms with E-state index in [1.165, 1.54) is 22.7 Å². The summed E-state index contributed by atoms with van der Waals surface area (Å²) in [4.78, 5) is 33.6. The molecule has 10 heteroatoms. The number of anilines is 1. The number of ether oxygens (including phenoxy) is 2. The fraction of sp³-hybridized carbons (Fsp3) is 0.700. The largest absolute Gasteiger partial charge is 0.459 e. The van der Waals surface area contributed by atoms with Gasteiger partial charge >= 0.3 is 10.8 Å². The Labute approximate surface area is 183 Å². The van der Waals surface area contributed by atoms with Gasteiger partial charge in [-0.1, -0.05) is 38.5 Å². The number of aromatic nitrogens is 3. The standard InChI is InChI=1S/C20H28N4O4S2/c1-9(2)12-6-5-10(3)7-13(12)27-17(25)18-28-14(8-29-18)24-16-15(30-20(24)26)11(4)22-19(21)23-16/h9-10,12-14,18H,5-8H2,1-4H3,(H2,21,22,23)/t10-,12+,13-,14-,18+/m1/s1. The molecule has 2 N–H and O–H groups in total. The van der Waals surface area contributed by atoms with Gasteiger partial charge in [-0.25, -0.2) is 9.78 Å². The van der Waals surface area contributed by atoms with Crippen molar-refractivity contribution >= 4 is 45.4 Å². The summed E-state index contributed by atoms with van der Waals surface area (Å²) >= 11 is 2.42. The molecule has 8 nitrogen and oxygen atoms in total. The molecule has 2 aliphatic rings. The lowest BCUT2D eigenvalue weighted by molar-refractivity contribution is -0.166. The number of esters is 1. The molecule has 3 heterocycles. The number of nitrogen functional groups attached to an aromatic ring is 1. The molecule has 0 bridgehead atoms. The highest BCUT2D eigenvalue weighted by atomic mass is 32.2. The van der Waals surface area contributed by atoms with E-state index in [1.54, 1.807) is 6.92 Å². The van der Waals surface area contributed by atoms with E-state index in [9.17, 15) is 9.59 Å². The van der Waals surface area contributed by atoms with E-state index < -0.39 is 11.7 Å². The van der Waals surface area contributed by atoms with Crippen LogP contribution in [-0.4, -0.2) is 37.8 Å². The molecule has 0 aromatic carbocycles. The molecule has 2 aromatic rings. The summed E-state index contributed by atoms with van der Waals surface area (Å²) in [5.74, 6) is 1.60. The van der Waals surface area contributed by atoms with Gasteiger partial charge in [0.15, 0.2) is 11.9 Å². The van der Waals surface area contributed by atoms with Gasteiger partial charge in [0.2, 0.25) is 11.4 Å². The summed E-state index contributed by atoms with van der Waals surface area (Å²) in [6.07, 6.45) is 2.47. The van der Waals surface area contributed by atoms with E-state index in [0.29, 0.717) is 39.5 Å². The Balaban J connectivity index is 1.50. The molecule has 0 unspecified atom stereocenters. The Kier molecular flexibility index (Phi) is 6.09. The van der Waals surface area contributed by atoms with Crippen molar-refractivity contribution in [1.82, 2.24) is 14.5 Å². The third kappa shape index (κ3) is 4.09. The number of rotatable bonds is 4. The van der Waals surface area contributed by atoms with Crippen LogP contribution in [0.1, 0.15) is 52.0 Å². The number of fused-ring (bicyclic) bond motifs is 1. The highest BCUT2D eigenvalue weighted by Gasteiger charge is 2.39. The smallest absolute Gasteiger partial charge is 0.346 e. The second kappa shape index (κ2) is 8.47. The second-order valence-corrected chi connectivity index (χ2v) is 10.7. The number of aryl methyl sites for hydroxylation is 1. The molecule has 164 valence electrons. The Morgan fingerprint density at radius 3 is 2.83 bits per heavy atom. The maximum Gasteiger partial charge on any atom is 0.346 e. The van der Waals surface area contributed by atoms with Crippen LogP contribution < -0.4 is 10.6 Å². The monoisotopic (exact) mass is 452 g/mol. The summed E-state index contributed by atoms with van der Waals surface area (Å²) in [5.41, 5.74) is 6.14. The zero-order valence-electron chi connectivity index (χ0n) is 17.7. The van der Waals surface area contributed by atoms with Crippen molar-refractivity contribution in [3.63, 3.8) is 0 Å². The van der Waals surface area contributed by atoms with Gasteiger partial charge < -0.3 is 15.2 Å². The van der Waals surface area contributed by atoms with Gasteiger partial charge in [0.05, 0.1) is 10.4 Å². The van der Waals surface area contributed by atoms with E-state index >= 15 is 0 Å². The van der Waals surface area contributed by atoms with Crippen LogP contribution in [-0.2, 0) is 14.3 Å². The fourth-order valence-electron chi connectivity index (χ4n) is 4.43. The number of nitrogens with two attached hydrogens (primary N) is 1. The average molecular weight is 453 g/mol. The minimum absolute atomic E-state index is 0.0793. The summed E-state index contributed by atoms with van der Waals surface area (Å²) in [6.45, 7) is 8.36. The summed E-state index contributed by atoms with van der Waals surface area (Å²) in [5, 5.41) is 0. The van der Waals surface area contributed by atoms with Crippen LogP contribution in [0.3, 0.4) is 0 Å². The first-order valence-corrected chi connectivity index (χ1v) is 12.2. The van der Waals surface area contributed by atoms with Gasteiger partial charge in [0.1, 0.15) is 6.10 Å². The number of nitrogens with zero attached hydrogens (tertiary/aromatic N) is 3. The quantitative estimate of drug-likeness (QED) is 0.704. The molecule has 1 aliphatic carbocycles. The van der Waals surface area contributed by atoms with Crippen molar-refractivity contribution in [3.05, 3.63) is 15.4 Å². The Morgan fingerprint density at radius 1 is 1.33 bits per heavy atom. The van der Waals surface area contributed by atoms with Crippen LogP contribution >= 0.6 is 23.1 Å². The topological polar surface area (TPSA) is 109 Å². The number of hydrogen-bond donors (Lipinski definition) is 1. The number of thiazole rings is 1. The van der Waals surface area contributed by atoms with Crippen LogP contribution in [0.4, 0.5) is 5.95 Å². The van der Waals surface area contributed by atoms with Crippen LogP contribution in [0.2, 0.25) is 0 Å². The van der Waals surface area contributed by atoms with Gasteiger partial charge in [-0.05, 0) is 37.5 Å². The predicted octanol–water partition coefficient (Wildman–Crippen LogP) is 3.34. The van der Waals surface area contributed by atoms with Crippen molar-refractivity contribution in [2.24, 2.45) is 17.8 Å². The first-order chi connectivity index (χ1) is 14.2. The van der Waals surface area contributed by atoms with Gasteiger partial charge in [-0.2, -0.15) is 4.98 Å². The molecule has 1 saturated heterocycles. The molecule has 4 rings (SSSR count). The highest BCUT2D eigenvalue weighted by Crippen LogP contribution is 2.38. The Bertz CT molecular complexity index is 1000. The number of hydrogen-bond acceptors (Lipinski definition) is 9. The van der Waals surface area contributed by atoms with E-state index in [2.05, 4.69) is 30.7 Å². The van der Waals surface area contributed by atoms with Gasteiger partial charge in [-0.3, -0.25) is 9.36 Å². The molecule has 0 radical (unpaired) electrons. The first kappa shape index (κ1) is 21.6. The molecule has 1 saturated carbocycles. The molecule has 0 spiro atoms. The SMILES string of the molecule is Cc1nc(N)nc2c1sc(=O)n2[C@H]1CS[C@@H](C(=O)O[C@@H]2C[C@H](C)CC[C@H]2C(C)C)O1. The Morgan fingerprint density at radius 2 is 2.10 bits per heavy atom. The zero-order valence-corrected chi connectivity index (χ0v) is 19.3. The molecule has 30 heavy (non-hydrogen) atoms. The predicted molar refractivity (Wildman–Crippen MR) is 118 cm³/mol. The number of carbonyl (C=O) groups is 1. The van der Waals surface area contributed by atoms with Crippen LogP contribution in [0.25, 0.3) is 10.3 Å². The zero-order chi connectivity index (χ0) is 21.6. The lowest BCUT2D eigenvalue weighted by atomic mass is 9.75. The maximum atomic E-state index is 12.9. The summed E-state index contributed by atoms with van der Waals surface area (Å²) in [7, 11) is 0. The maximum absolute atomic E-state index is 12.9. The van der Waals surface area contributed by atoms with Crippen molar-refractivity contribution < 1.29 is 14.3 Å². The summed E-state index contributed by atoms with van der Waals surface area (Å²) < 4.78 is 14.0. The van der Waals surface area contributed by atoms with Crippen molar-refractivity contribution in [3.8, 4) is 0 Å². The average Bonchev–Trinajstić information content (AvgIpc) is 3.25. The van der Waals surface area contributed by atoms with Gasteiger partial charge in [-0.15, -0.1) is 11.8 Å². The minimum Gasteiger partial charge on any atom is -0.459 e. The highest BCUT2D eigenvalue weighted by molar-refractivity contribution is 8.00. The van der Waals surface area contributed by atoms with E-state index in [1.807, 2.05) is 0 Å². The van der Waals surface area contributed by atoms with Crippen LogP contribution in [0.5, 0.6) is 0 Å². The molecule has 5 atom stereocenters. The molecule has 0 amide bonds. The Hall–Kier alpha value is -1.65. The third-order valence-electron chi connectivity index (χ3n) is 6.03. The lowest BCUT2D eigenvalue weighted by Gasteiger charge is -2.37. The minimum atomic E-state index is -0.748. The molecule has 1 aliphatic heterocycles. The first-order valence-electron chi connectivity index (χ1n) is 10.4. The van der Waals surface area contributed by atoms with E-state index in [0.717, 1.165) is 24.2 Å². The fourth-order valence-corrected chi connectivity index (χ4v) is 6.30. The third-order valence-corrected chi connectivity index (χ3v) is 8.17. The van der Waals surface area contributed by atoms with Crippen molar-refractivity contribution in [1.29, 1.82) is 0 Å². The van der Waals surface area contributed by atoms with Gasteiger partial charge in [0.25, 0.3) is 0 Å². The molecule has 2 fully saturated rings. The van der Waals surface area contributed by atoms with E-state index in [-0.39, 0.29) is 22.9 Å². The summed E-state index contributed by atoms with van der Waals surface area (Å²) in [6, 6.07) is 0. The normalized spacial score (nSPS) is 29.6. The van der Waals surface area contributed by atoms with Crippen LogP contribution in [0.15, 0.2) is 4.79 Å². The second-order valence-electron chi connectivity index (χ2n) is 8.62. The molecular formula is C20H28N4O4S2.